The molecule has 0 spiro atoms. The van der Waals surface area contributed by atoms with E-state index >= 15 is 0 Å². The molecule has 0 saturated carbocycles. The number of nitrogens with two attached hydrogens (primary N) is 1. The predicted molar refractivity (Wildman–Crippen MR) is 78.5 cm³/mol. The van der Waals surface area contributed by atoms with E-state index < -0.39 is 0 Å². The molecule has 0 aliphatic heterocycles. The summed E-state index contributed by atoms with van der Waals surface area (Å²) in [4.78, 5) is 8.29. The molecule has 2 aromatic rings. The molecular weight excluding hydrogens is 222 g/mol. The maximum atomic E-state index is 5.65. The highest BCUT2D eigenvalue weighted by molar-refractivity contribution is 5.85. The molecule has 1 aromatic carbocycles. The zero-order valence-corrected chi connectivity index (χ0v) is 10.4. The molecule has 0 bridgehead atoms. The molecule has 2 rings (SSSR count). The van der Waals surface area contributed by atoms with E-state index in [0.29, 0.717) is 5.82 Å². The van der Waals surface area contributed by atoms with Gasteiger partial charge < -0.3 is 5.73 Å². The molecule has 1 aromatic heterocycles. The molecule has 0 atom stereocenters. The van der Waals surface area contributed by atoms with Crippen LogP contribution in [0.1, 0.15) is 12.5 Å². The van der Waals surface area contributed by atoms with Crippen LogP contribution < -0.4 is 5.73 Å². The van der Waals surface area contributed by atoms with E-state index in [-0.39, 0.29) is 0 Å². The maximum Gasteiger partial charge on any atom is 0.124 e. The molecule has 0 fully saturated rings. The predicted octanol–water partition coefficient (Wildman–Crippen LogP) is 3.43. The van der Waals surface area contributed by atoms with Gasteiger partial charge in [0.1, 0.15) is 5.82 Å². The fourth-order valence-electron chi connectivity index (χ4n) is 1.75. The van der Waals surface area contributed by atoms with E-state index in [9.17, 15) is 0 Å². The second-order valence-corrected chi connectivity index (χ2v) is 4.18. The zero-order chi connectivity index (χ0) is 13.1. The third kappa shape index (κ3) is 2.46. The van der Waals surface area contributed by atoms with Gasteiger partial charge in [0.05, 0.1) is 11.2 Å². The number of anilines is 1. The molecular formula is C15H15N3. The van der Waals surface area contributed by atoms with E-state index in [4.69, 9.17) is 5.73 Å². The molecule has 3 heteroatoms. The molecule has 2 N–H and O–H groups in total. The Morgan fingerprint density at radius 1 is 1.33 bits per heavy atom. The highest BCUT2D eigenvalue weighted by Crippen LogP contribution is 2.22. The number of allylic oxidation sites excluding steroid dienone is 2. The van der Waals surface area contributed by atoms with E-state index in [0.717, 1.165) is 27.7 Å². The Morgan fingerprint density at radius 2 is 2.11 bits per heavy atom. The molecule has 0 aliphatic rings. The van der Waals surface area contributed by atoms with Gasteiger partial charge in [0.25, 0.3) is 0 Å². The standard InChI is InChI=1S/C15H15N3/c1-10(2)8-14(17-3)12-4-6-13-11(9-12)5-7-15(16)18-13/h4-9H,1,3H2,2H3,(H2,16,18)/b14-8-. The van der Waals surface area contributed by atoms with E-state index in [1.807, 2.05) is 37.3 Å². The summed E-state index contributed by atoms with van der Waals surface area (Å²) in [6.07, 6.45) is 1.90. The van der Waals surface area contributed by atoms with Gasteiger partial charge in [-0.3, -0.25) is 4.99 Å². The van der Waals surface area contributed by atoms with Crippen LogP contribution in [0.25, 0.3) is 16.6 Å². The quantitative estimate of drug-likeness (QED) is 0.656. The van der Waals surface area contributed by atoms with Gasteiger partial charge in [0.15, 0.2) is 0 Å². The first-order valence-corrected chi connectivity index (χ1v) is 5.61. The average Bonchev–Trinajstić information content (AvgIpc) is 2.35. The minimum absolute atomic E-state index is 0.523. The molecule has 3 nitrogen and oxygen atoms in total. The molecule has 0 unspecified atom stereocenters. The van der Waals surface area contributed by atoms with Crippen molar-refractivity contribution in [2.45, 2.75) is 6.92 Å². The van der Waals surface area contributed by atoms with Crippen LogP contribution in [0.3, 0.4) is 0 Å². The van der Waals surface area contributed by atoms with Gasteiger partial charge in [-0.15, -0.1) is 0 Å². The van der Waals surface area contributed by atoms with Crippen molar-refractivity contribution in [3.8, 4) is 0 Å². The van der Waals surface area contributed by atoms with Crippen LogP contribution >= 0.6 is 0 Å². The molecule has 18 heavy (non-hydrogen) atoms. The second-order valence-electron chi connectivity index (χ2n) is 4.18. The van der Waals surface area contributed by atoms with E-state index in [1.165, 1.54) is 0 Å². The van der Waals surface area contributed by atoms with E-state index in [1.54, 1.807) is 6.07 Å². The molecule has 0 amide bonds. The van der Waals surface area contributed by atoms with Crippen LogP contribution in [0.5, 0.6) is 0 Å². The number of pyridine rings is 1. The topological polar surface area (TPSA) is 51.3 Å². The summed E-state index contributed by atoms with van der Waals surface area (Å²) in [5.74, 6) is 0.523. The number of rotatable bonds is 3. The van der Waals surface area contributed by atoms with Crippen molar-refractivity contribution in [1.82, 2.24) is 4.98 Å². The number of hydrogen-bond acceptors (Lipinski definition) is 3. The third-order valence-electron chi connectivity index (χ3n) is 2.56. The van der Waals surface area contributed by atoms with Gasteiger partial charge >= 0.3 is 0 Å². The second kappa shape index (κ2) is 4.84. The first-order valence-electron chi connectivity index (χ1n) is 5.61. The minimum atomic E-state index is 0.523. The van der Waals surface area contributed by atoms with Crippen molar-refractivity contribution in [2.24, 2.45) is 4.99 Å². The van der Waals surface area contributed by atoms with Gasteiger partial charge in [0.2, 0.25) is 0 Å². The minimum Gasteiger partial charge on any atom is -0.384 e. The Kier molecular flexibility index (Phi) is 3.24. The number of nitrogen functional groups attached to an aromatic ring is 1. The summed E-state index contributed by atoms with van der Waals surface area (Å²) in [5, 5.41) is 1.03. The number of aromatic nitrogens is 1. The Bertz CT molecular complexity index is 654. The maximum absolute atomic E-state index is 5.65. The summed E-state index contributed by atoms with van der Waals surface area (Å²) < 4.78 is 0. The van der Waals surface area contributed by atoms with Crippen LogP contribution in [0.2, 0.25) is 0 Å². The molecule has 0 saturated heterocycles. The van der Waals surface area contributed by atoms with Gasteiger partial charge in [-0.1, -0.05) is 18.2 Å². The fourth-order valence-corrected chi connectivity index (χ4v) is 1.75. The normalized spacial score (nSPS) is 11.5. The van der Waals surface area contributed by atoms with Crippen molar-refractivity contribution in [3.63, 3.8) is 0 Å². The van der Waals surface area contributed by atoms with Crippen LogP contribution in [0, 0.1) is 0 Å². The first-order chi connectivity index (χ1) is 8.60. The average molecular weight is 237 g/mol. The van der Waals surface area contributed by atoms with Gasteiger partial charge in [-0.25, -0.2) is 4.98 Å². The van der Waals surface area contributed by atoms with Crippen molar-refractivity contribution in [3.05, 3.63) is 54.1 Å². The lowest BCUT2D eigenvalue weighted by Gasteiger charge is -2.04. The van der Waals surface area contributed by atoms with Gasteiger partial charge in [0, 0.05) is 10.9 Å². The van der Waals surface area contributed by atoms with Crippen molar-refractivity contribution in [2.75, 3.05) is 5.73 Å². The molecule has 0 radical (unpaired) electrons. The number of aliphatic imine (C=N–C) groups is 1. The lowest BCUT2D eigenvalue weighted by Crippen LogP contribution is -1.90. The van der Waals surface area contributed by atoms with Gasteiger partial charge in [-0.2, -0.15) is 0 Å². The number of nitrogens with zero attached hydrogens (tertiary/aromatic N) is 2. The van der Waals surface area contributed by atoms with Crippen molar-refractivity contribution in [1.29, 1.82) is 0 Å². The number of hydrogen-bond donors (Lipinski definition) is 1. The summed E-state index contributed by atoms with van der Waals surface area (Å²) in [6.45, 7) is 9.36. The monoisotopic (exact) mass is 237 g/mol. The summed E-state index contributed by atoms with van der Waals surface area (Å²) >= 11 is 0. The molecule has 0 aliphatic carbocycles. The molecule has 90 valence electrons. The highest BCUT2D eigenvalue weighted by Gasteiger charge is 2.02. The Balaban J connectivity index is 2.56. The summed E-state index contributed by atoms with van der Waals surface area (Å²) in [6, 6.07) is 9.64. The zero-order valence-electron chi connectivity index (χ0n) is 10.4. The third-order valence-corrected chi connectivity index (χ3v) is 2.56. The largest absolute Gasteiger partial charge is 0.384 e. The Morgan fingerprint density at radius 3 is 2.78 bits per heavy atom. The van der Waals surface area contributed by atoms with Crippen LogP contribution in [0.4, 0.5) is 5.82 Å². The van der Waals surface area contributed by atoms with Gasteiger partial charge in [-0.05, 0) is 44.0 Å². The van der Waals surface area contributed by atoms with Crippen LogP contribution in [0.15, 0.2) is 53.6 Å². The number of benzene rings is 1. The lowest BCUT2D eigenvalue weighted by molar-refractivity contribution is 1.41. The highest BCUT2D eigenvalue weighted by atomic mass is 14.8. The summed E-state index contributed by atoms with van der Waals surface area (Å²) in [5.41, 5.74) is 9.26. The summed E-state index contributed by atoms with van der Waals surface area (Å²) in [7, 11) is 0. The van der Waals surface area contributed by atoms with Crippen molar-refractivity contribution >= 4 is 29.1 Å². The van der Waals surface area contributed by atoms with E-state index in [2.05, 4.69) is 23.3 Å². The Labute approximate surface area is 106 Å². The van der Waals surface area contributed by atoms with Crippen LogP contribution in [-0.4, -0.2) is 11.7 Å². The fraction of sp³-hybridized carbons (Fsp3) is 0.0667. The van der Waals surface area contributed by atoms with Crippen molar-refractivity contribution < 1.29 is 0 Å². The Hall–Kier alpha value is -2.42. The smallest absolute Gasteiger partial charge is 0.124 e. The first kappa shape index (κ1) is 12.0. The lowest BCUT2D eigenvalue weighted by atomic mass is 10.1. The number of fused-ring (bicyclic) bond motifs is 1. The SMILES string of the molecule is C=N/C(=C\C(=C)C)c1ccc2nc(N)ccc2c1. The van der Waals surface area contributed by atoms with Crippen LogP contribution in [-0.2, 0) is 0 Å². The molecule has 1 heterocycles.